The van der Waals surface area contributed by atoms with Crippen LogP contribution < -0.4 is 4.72 Å². The third-order valence-corrected chi connectivity index (χ3v) is 4.04. The van der Waals surface area contributed by atoms with Gasteiger partial charge in [-0.15, -0.1) is 0 Å². The first-order valence-corrected chi connectivity index (χ1v) is 6.22. The van der Waals surface area contributed by atoms with Gasteiger partial charge in [0, 0.05) is 5.69 Å². The van der Waals surface area contributed by atoms with Crippen molar-refractivity contribution >= 4 is 15.8 Å². The fraction of sp³-hybridized carbons (Fsp3) is 0.444. The molecular formula is C9H12N2O3S. The van der Waals surface area contributed by atoms with Gasteiger partial charge in [0.1, 0.15) is 0 Å². The highest BCUT2D eigenvalue weighted by Gasteiger charge is 2.36. The summed E-state index contributed by atoms with van der Waals surface area (Å²) in [7, 11) is -3.35. The minimum Gasteiger partial charge on any atom is -0.504 e. The van der Waals surface area contributed by atoms with Crippen molar-refractivity contribution in [3.63, 3.8) is 0 Å². The molecule has 1 saturated carbocycles. The number of nitrogens with zero attached hydrogens (tertiary/aromatic N) is 1. The van der Waals surface area contributed by atoms with Crippen LogP contribution in [0.1, 0.15) is 18.5 Å². The standard InChI is InChI=1S/C9H12N2O3S/c1-6-2-5-8(12)9(10-6)11-15(13,14)7-3-4-7/h2,5,7,12H,3-4H2,1H3,(H,10,11). The van der Waals surface area contributed by atoms with Gasteiger partial charge in [-0.1, -0.05) is 0 Å². The summed E-state index contributed by atoms with van der Waals surface area (Å²) < 4.78 is 25.4. The number of aryl methyl sites for hydroxylation is 1. The van der Waals surface area contributed by atoms with Crippen LogP contribution in [0.3, 0.4) is 0 Å². The Morgan fingerprint density at radius 1 is 1.47 bits per heavy atom. The van der Waals surface area contributed by atoms with Gasteiger partial charge < -0.3 is 5.11 Å². The first-order valence-electron chi connectivity index (χ1n) is 4.67. The van der Waals surface area contributed by atoms with E-state index in [0.717, 1.165) is 0 Å². The van der Waals surface area contributed by atoms with Crippen LogP contribution in [-0.2, 0) is 10.0 Å². The minimum absolute atomic E-state index is 0.0156. The van der Waals surface area contributed by atoms with Crippen LogP contribution in [0.2, 0.25) is 0 Å². The molecule has 1 heterocycles. The Labute approximate surface area is 88.2 Å². The van der Waals surface area contributed by atoms with Gasteiger partial charge >= 0.3 is 0 Å². The maximum absolute atomic E-state index is 11.6. The molecule has 2 N–H and O–H groups in total. The lowest BCUT2D eigenvalue weighted by Crippen LogP contribution is -2.18. The minimum atomic E-state index is -3.35. The molecule has 82 valence electrons. The molecular weight excluding hydrogens is 216 g/mol. The number of hydrogen-bond donors (Lipinski definition) is 2. The lowest BCUT2D eigenvalue weighted by molar-refractivity contribution is 0.475. The smallest absolute Gasteiger partial charge is 0.236 e. The van der Waals surface area contributed by atoms with Gasteiger partial charge in [-0.05, 0) is 31.9 Å². The van der Waals surface area contributed by atoms with Crippen molar-refractivity contribution in [1.29, 1.82) is 0 Å². The van der Waals surface area contributed by atoms with Crippen LogP contribution >= 0.6 is 0 Å². The van der Waals surface area contributed by atoms with E-state index in [2.05, 4.69) is 9.71 Å². The molecule has 2 rings (SSSR count). The van der Waals surface area contributed by atoms with Crippen LogP contribution in [0.5, 0.6) is 5.75 Å². The van der Waals surface area contributed by atoms with E-state index in [4.69, 9.17) is 0 Å². The largest absolute Gasteiger partial charge is 0.504 e. The van der Waals surface area contributed by atoms with E-state index >= 15 is 0 Å². The first kappa shape index (κ1) is 10.2. The fourth-order valence-corrected chi connectivity index (χ4v) is 2.56. The molecule has 1 aliphatic carbocycles. The molecule has 1 aromatic heterocycles. The van der Waals surface area contributed by atoms with Gasteiger partial charge in [-0.2, -0.15) is 0 Å². The molecule has 1 fully saturated rings. The zero-order valence-electron chi connectivity index (χ0n) is 8.27. The highest BCUT2D eigenvalue weighted by molar-refractivity contribution is 7.93. The van der Waals surface area contributed by atoms with Crippen molar-refractivity contribution in [2.45, 2.75) is 25.0 Å². The van der Waals surface area contributed by atoms with Gasteiger partial charge in [0.15, 0.2) is 11.6 Å². The van der Waals surface area contributed by atoms with E-state index in [0.29, 0.717) is 18.5 Å². The van der Waals surface area contributed by atoms with Crippen molar-refractivity contribution in [3.05, 3.63) is 17.8 Å². The average Bonchev–Trinajstić information content (AvgIpc) is 2.93. The molecule has 0 bridgehead atoms. The number of rotatable bonds is 3. The second-order valence-electron chi connectivity index (χ2n) is 3.67. The van der Waals surface area contributed by atoms with Crippen LogP contribution in [0, 0.1) is 6.92 Å². The van der Waals surface area contributed by atoms with Gasteiger partial charge in [-0.25, -0.2) is 13.4 Å². The predicted octanol–water partition coefficient (Wildman–Crippen LogP) is 1.000. The Balaban J connectivity index is 2.27. The first-order chi connectivity index (χ1) is 6.99. The third-order valence-electron chi connectivity index (χ3n) is 2.22. The number of aromatic nitrogens is 1. The predicted molar refractivity (Wildman–Crippen MR) is 56.2 cm³/mol. The lowest BCUT2D eigenvalue weighted by atomic mass is 10.3. The Morgan fingerprint density at radius 3 is 2.73 bits per heavy atom. The van der Waals surface area contributed by atoms with Crippen LogP contribution in [0.25, 0.3) is 0 Å². The maximum atomic E-state index is 11.6. The highest BCUT2D eigenvalue weighted by Crippen LogP contribution is 2.31. The molecule has 0 amide bonds. The van der Waals surface area contributed by atoms with Crippen LogP contribution in [-0.4, -0.2) is 23.8 Å². The molecule has 5 nitrogen and oxygen atoms in total. The van der Waals surface area contributed by atoms with E-state index in [1.54, 1.807) is 13.0 Å². The molecule has 0 spiro atoms. The molecule has 1 aromatic rings. The third kappa shape index (κ3) is 2.20. The monoisotopic (exact) mass is 228 g/mol. The molecule has 0 saturated heterocycles. The van der Waals surface area contributed by atoms with Crippen molar-refractivity contribution < 1.29 is 13.5 Å². The highest BCUT2D eigenvalue weighted by atomic mass is 32.2. The van der Waals surface area contributed by atoms with Crippen molar-refractivity contribution in [1.82, 2.24) is 4.98 Å². The van der Waals surface area contributed by atoms with Crippen molar-refractivity contribution in [3.8, 4) is 5.75 Å². The summed E-state index contributed by atoms with van der Waals surface area (Å²) in [5, 5.41) is 9.09. The molecule has 0 atom stereocenters. The topological polar surface area (TPSA) is 79.3 Å². The maximum Gasteiger partial charge on any atom is 0.236 e. The second-order valence-corrected chi connectivity index (χ2v) is 5.63. The molecule has 0 unspecified atom stereocenters. The van der Waals surface area contributed by atoms with Crippen LogP contribution in [0.4, 0.5) is 5.82 Å². The van der Waals surface area contributed by atoms with E-state index < -0.39 is 10.0 Å². The number of hydrogen-bond acceptors (Lipinski definition) is 4. The van der Waals surface area contributed by atoms with Crippen molar-refractivity contribution in [2.75, 3.05) is 4.72 Å². The van der Waals surface area contributed by atoms with E-state index in [-0.39, 0.29) is 16.8 Å². The summed E-state index contributed by atoms with van der Waals surface area (Å²) in [6.07, 6.45) is 1.36. The number of anilines is 1. The van der Waals surface area contributed by atoms with E-state index in [1.165, 1.54) is 6.07 Å². The van der Waals surface area contributed by atoms with Crippen LogP contribution in [0.15, 0.2) is 12.1 Å². The summed E-state index contributed by atoms with van der Waals surface area (Å²) in [5.41, 5.74) is 0.654. The van der Waals surface area contributed by atoms with Crippen molar-refractivity contribution in [2.24, 2.45) is 0 Å². The Hall–Kier alpha value is -1.30. The molecule has 6 heteroatoms. The number of pyridine rings is 1. The van der Waals surface area contributed by atoms with Gasteiger partial charge in [0.2, 0.25) is 10.0 Å². The molecule has 0 aromatic carbocycles. The average molecular weight is 228 g/mol. The Bertz CT molecular complexity index is 480. The summed E-state index contributed by atoms with van der Waals surface area (Å²) in [5.74, 6) is -0.133. The molecule has 0 aliphatic heterocycles. The quantitative estimate of drug-likeness (QED) is 0.808. The molecule has 1 aliphatic rings. The lowest BCUT2D eigenvalue weighted by Gasteiger charge is -2.07. The Kier molecular flexibility index (Phi) is 2.30. The van der Waals surface area contributed by atoms with Gasteiger partial charge in [0.25, 0.3) is 0 Å². The second kappa shape index (κ2) is 3.37. The summed E-state index contributed by atoms with van der Waals surface area (Å²) in [4.78, 5) is 3.93. The summed E-state index contributed by atoms with van der Waals surface area (Å²) in [6.45, 7) is 1.73. The SMILES string of the molecule is Cc1ccc(O)c(NS(=O)(=O)C2CC2)n1. The van der Waals surface area contributed by atoms with Gasteiger partial charge in [0.05, 0.1) is 5.25 Å². The zero-order valence-corrected chi connectivity index (χ0v) is 9.08. The molecule has 15 heavy (non-hydrogen) atoms. The Morgan fingerprint density at radius 2 is 2.13 bits per heavy atom. The summed E-state index contributed by atoms with van der Waals surface area (Å²) >= 11 is 0. The van der Waals surface area contributed by atoms with E-state index in [1.807, 2.05) is 0 Å². The number of aromatic hydroxyl groups is 1. The number of nitrogens with one attached hydrogen (secondary N) is 1. The summed E-state index contributed by atoms with van der Waals surface area (Å²) in [6, 6.07) is 3.04. The molecule has 0 radical (unpaired) electrons. The fourth-order valence-electron chi connectivity index (χ4n) is 1.22. The van der Waals surface area contributed by atoms with Gasteiger partial charge in [-0.3, -0.25) is 4.72 Å². The number of sulfonamides is 1. The zero-order chi connectivity index (χ0) is 11.1. The van der Waals surface area contributed by atoms with E-state index in [9.17, 15) is 13.5 Å². The normalized spacial score (nSPS) is 16.3.